The zero-order valence-electron chi connectivity index (χ0n) is 14.9. The minimum absolute atomic E-state index is 0.0714. The van der Waals surface area contributed by atoms with Crippen molar-refractivity contribution in [1.82, 2.24) is 4.90 Å². The summed E-state index contributed by atoms with van der Waals surface area (Å²) < 4.78 is 15.7. The fraction of sp³-hybridized carbons (Fsp3) is 0.882. The Morgan fingerprint density at radius 2 is 1.96 bits per heavy atom. The Morgan fingerprint density at radius 3 is 2.52 bits per heavy atom. The third kappa shape index (κ3) is 7.79. The highest BCUT2D eigenvalue weighted by atomic mass is 16.5. The van der Waals surface area contributed by atoms with Crippen molar-refractivity contribution in [2.45, 2.75) is 46.1 Å². The quantitative estimate of drug-likeness (QED) is 0.404. The normalized spacial score (nSPS) is 16.7. The Labute approximate surface area is 139 Å². The first-order chi connectivity index (χ1) is 11.0. The number of esters is 1. The molecular weight excluding hydrogens is 298 g/mol. The van der Waals surface area contributed by atoms with E-state index >= 15 is 0 Å². The van der Waals surface area contributed by atoms with Gasteiger partial charge < -0.3 is 19.1 Å². The Kier molecular flexibility index (Phi) is 9.17. The van der Waals surface area contributed by atoms with E-state index in [0.717, 1.165) is 6.42 Å². The number of nitrogens with zero attached hydrogens (tertiary/aromatic N) is 1. The largest absolute Gasteiger partial charge is 0.469 e. The molecule has 0 aliphatic heterocycles. The first-order valence-electron chi connectivity index (χ1n) is 8.55. The molecule has 1 saturated carbocycles. The highest BCUT2D eigenvalue weighted by Crippen LogP contribution is 2.29. The lowest BCUT2D eigenvalue weighted by Crippen LogP contribution is -2.43. The van der Waals surface area contributed by atoms with Crippen LogP contribution in [-0.2, 0) is 23.8 Å². The van der Waals surface area contributed by atoms with Crippen LogP contribution in [0.15, 0.2) is 0 Å². The predicted octanol–water partition coefficient (Wildman–Crippen LogP) is 1.87. The van der Waals surface area contributed by atoms with Gasteiger partial charge in [-0.25, -0.2) is 0 Å². The third-order valence-electron chi connectivity index (χ3n) is 3.96. The van der Waals surface area contributed by atoms with E-state index in [1.807, 2.05) is 6.92 Å². The van der Waals surface area contributed by atoms with Crippen LogP contribution in [0.3, 0.4) is 0 Å². The molecule has 1 aliphatic rings. The van der Waals surface area contributed by atoms with E-state index in [1.165, 1.54) is 20.0 Å². The Hall–Kier alpha value is -1.14. The first kappa shape index (κ1) is 19.9. The average Bonchev–Trinajstić information content (AvgIpc) is 3.38. The molecule has 0 aromatic rings. The van der Waals surface area contributed by atoms with Crippen LogP contribution in [0.2, 0.25) is 0 Å². The number of carbonyl (C=O) groups excluding carboxylic acids is 2. The average molecular weight is 329 g/mol. The van der Waals surface area contributed by atoms with Crippen LogP contribution in [0.5, 0.6) is 0 Å². The third-order valence-corrected chi connectivity index (χ3v) is 3.96. The molecule has 0 saturated heterocycles. The summed E-state index contributed by atoms with van der Waals surface area (Å²) in [5.41, 5.74) is 0. The predicted molar refractivity (Wildman–Crippen MR) is 87.0 cm³/mol. The zero-order chi connectivity index (χ0) is 17.2. The van der Waals surface area contributed by atoms with Gasteiger partial charge in [-0.05, 0) is 39.0 Å². The van der Waals surface area contributed by atoms with Crippen molar-refractivity contribution >= 4 is 11.9 Å². The van der Waals surface area contributed by atoms with E-state index in [-0.39, 0.29) is 17.8 Å². The van der Waals surface area contributed by atoms with Crippen molar-refractivity contribution in [3.8, 4) is 0 Å². The summed E-state index contributed by atoms with van der Waals surface area (Å²) in [4.78, 5) is 25.9. The smallest absolute Gasteiger partial charge is 0.310 e. The molecule has 2 atom stereocenters. The number of ether oxygens (including phenoxy) is 3. The van der Waals surface area contributed by atoms with E-state index in [4.69, 9.17) is 14.2 Å². The number of rotatable bonds is 12. The summed E-state index contributed by atoms with van der Waals surface area (Å²) in [5.74, 6) is -0.116. The van der Waals surface area contributed by atoms with Crippen LogP contribution in [0.1, 0.15) is 40.0 Å². The zero-order valence-corrected chi connectivity index (χ0v) is 14.9. The maximum absolute atomic E-state index is 12.6. The Morgan fingerprint density at radius 1 is 1.26 bits per heavy atom. The van der Waals surface area contributed by atoms with Crippen molar-refractivity contribution in [3.63, 3.8) is 0 Å². The van der Waals surface area contributed by atoms with Gasteiger partial charge in [-0.1, -0.05) is 6.92 Å². The van der Waals surface area contributed by atoms with Gasteiger partial charge >= 0.3 is 5.97 Å². The number of carbonyl (C=O) groups is 2. The summed E-state index contributed by atoms with van der Waals surface area (Å²) in [5, 5.41) is 0. The van der Waals surface area contributed by atoms with Crippen LogP contribution in [-0.4, -0.2) is 62.9 Å². The van der Waals surface area contributed by atoms with Gasteiger partial charge in [0.2, 0.25) is 0 Å². The lowest BCUT2D eigenvalue weighted by molar-refractivity contribution is -0.149. The Balaban J connectivity index is 2.51. The van der Waals surface area contributed by atoms with Gasteiger partial charge in [0, 0.05) is 26.3 Å². The molecule has 0 unspecified atom stereocenters. The molecule has 0 spiro atoms. The minimum Gasteiger partial charge on any atom is -0.469 e. The number of amides is 1. The van der Waals surface area contributed by atoms with Crippen molar-refractivity contribution in [3.05, 3.63) is 0 Å². The molecule has 0 N–H and O–H groups in total. The molecule has 1 aliphatic carbocycles. The molecule has 23 heavy (non-hydrogen) atoms. The Bertz CT molecular complexity index is 370. The highest BCUT2D eigenvalue weighted by Gasteiger charge is 2.28. The molecule has 0 aromatic carbocycles. The van der Waals surface area contributed by atoms with Crippen LogP contribution in [0.25, 0.3) is 0 Å². The van der Waals surface area contributed by atoms with E-state index < -0.39 is 6.10 Å². The summed E-state index contributed by atoms with van der Waals surface area (Å²) >= 11 is 0. The molecule has 6 nitrogen and oxygen atoms in total. The molecular formula is C17H31NO5. The van der Waals surface area contributed by atoms with E-state index in [0.29, 0.717) is 38.8 Å². The molecule has 1 amide bonds. The van der Waals surface area contributed by atoms with Gasteiger partial charge in [0.25, 0.3) is 5.91 Å². The van der Waals surface area contributed by atoms with Crippen LogP contribution >= 0.6 is 0 Å². The van der Waals surface area contributed by atoms with E-state index in [9.17, 15) is 9.59 Å². The van der Waals surface area contributed by atoms with E-state index in [2.05, 4.69) is 0 Å². The molecule has 0 aromatic heterocycles. The molecule has 134 valence electrons. The number of hydrogen-bond acceptors (Lipinski definition) is 5. The summed E-state index contributed by atoms with van der Waals surface area (Å²) in [7, 11) is 1.36. The lowest BCUT2D eigenvalue weighted by Gasteiger charge is -2.27. The SMILES string of the molecule is CCOCCCN(C[C@@H](C)C(=O)OC)C(=O)[C@@H](C)OCC1CC1. The number of hydrogen-bond donors (Lipinski definition) is 0. The van der Waals surface area contributed by atoms with Crippen molar-refractivity contribution in [2.75, 3.05) is 40.0 Å². The topological polar surface area (TPSA) is 65.1 Å². The van der Waals surface area contributed by atoms with Crippen molar-refractivity contribution < 1.29 is 23.8 Å². The monoisotopic (exact) mass is 329 g/mol. The fourth-order valence-corrected chi connectivity index (χ4v) is 2.29. The molecule has 0 heterocycles. The van der Waals surface area contributed by atoms with Gasteiger partial charge in [-0.3, -0.25) is 9.59 Å². The number of methoxy groups -OCH3 is 1. The maximum atomic E-state index is 12.6. The van der Waals surface area contributed by atoms with Crippen LogP contribution in [0, 0.1) is 11.8 Å². The second-order valence-corrected chi connectivity index (χ2v) is 6.18. The fourth-order valence-electron chi connectivity index (χ4n) is 2.29. The second-order valence-electron chi connectivity index (χ2n) is 6.18. The molecule has 1 fully saturated rings. The van der Waals surface area contributed by atoms with Gasteiger partial charge in [0.05, 0.1) is 19.6 Å². The molecule has 6 heteroatoms. The molecule has 0 bridgehead atoms. The van der Waals surface area contributed by atoms with Gasteiger partial charge in [0.15, 0.2) is 0 Å². The van der Waals surface area contributed by atoms with Crippen LogP contribution < -0.4 is 0 Å². The van der Waals surface area contributed by atoms with Crippen molar-refractivity contribution in [2.24, 2.45) is 11.8 Å². The first-order valence-corrected chi connectivity index (χ1v) is 8.55. The standard InChI is InChI=1S/C17H31NO5/c1-5-22-10-6-9-18(11-13(2)17(20)21-4)16(19)14(3)23-12-15-7-8-15/h13-15H,5-12H2,1-4H3/t13-,14-/m1/s1. The van der Waals surface area contributed by atoms with Crippen molar-refractivity contribution in [1.29, 1.82) is 0 Å². The second kappa shape index (κ2) is 10.6. The summed E-state index contributed by atoms with van der Waals surface area (Å²) in [6.07, 6.45) is 2.65. The van der Waals surface area contributed by atoms with Gasteiger partial charge in [-0.2, -0.15) is 0 Å². The maximum Gasteiger partial charge on any atom is 0.310 e. The van der Waals surface area contributed by atoms with E-state index in [1.54, 1.807) is 18.7 Å². The summed E-state index contributed by atoms with van der Waals surface area (Å²) in [6, 6.07) is 0. The highest BCUT2D eigenvalue weighted by molar-refractivity contribution is 5.81. The molecule has 0 radical (unpaired) electrons. The van der Waals surface area contributed by atoms with Crippen LogP contribution in [0.4, 0.5) is 0 Å². The lowest BCUT2D eigenvalue weighted by atomic mass is 10.1. The van der Waals surface area contributed by atoms with Gasteiger partial charge in [0.1, 0.15) is 6.10 Å². The summed E-state index contributed by atoms with van der Waals surface area (Å²) in [6.45, 7) is 8.29. The molecule has 1 rings (SSSR count). The minimum atomic E-state index is -0.479. The van der Waals surface area contributed by atoms with Gasteiger partial charge in [-0.15, -0.1) is 0 Å².